The number of rotatable bonds is 2. The van der Waals surface area contributed by atoms with Crippen molar-refractivity contribution >= 4 is 63.3 Å². The summed E-state index contributed by atoms with van der Waals surface area (Å²) >= 11 is 8.18. The van der Waals surface area contributed by atoms with E-state index in [9.17, 15) is 19.2 Å². The van der Waals surface area contributed by atoms with Gasteiger partial charge in [-0.15, -0.1) is 0 Å². The number of ether oxygens (including phenoxy) is 1. The predicted octanol–water partition coefficient (Wildman–Crippen LogP) is 4.64. The van der Waals surface area contributed by atoms with Crippen LogP contribution in [0.5, 0.6) is 0 Å². The van der Waals surface area contributed by atoms with E-state index in [1.807, 2.05) is 0 Å². The van der Waals surface area contributed by atoms with Crippen LogP contribution in [0.3, 0.4) is 0 Å². The van der Waals surface area contributed by atoms with Crippen LogP contribution in [0.4, 0.5) is 5.69 Å². The summed E-state index contributed by atoms with van der Waals surface area (Å²) < 4.78 is 7.18. The van der Waals surface area contributed by atoms with Crippen molar-refractivity contribution in [3.8, 4) is 0 Å². The zero-order valence-corrected chi connectivity index (χ0v) is 20.3. The minimum atomic E-state index is -2.08. The summed E-state index contributed by atoms with van der Waals surface area (Å²) in [6.45, 7) is 0. The molecule has 2 aliphatic heterocycles. The second kappa shape index (κ2) is 7.56. The molecule has 2 saturated heterocycles. The maximum Gasteiger partial charge on any atom is 0.241 e. The van der Waals surface area contributed by atoms with E-state index in [1.165, 1.54) is 0 Å². The zero-order chi connectivity index (χ0) is 23.8. The fourth-order valence-corrected chi connectivity index (χ4v) is 5.80. The lowest BCUT2D eigenvalue weighted by molar-refractivity contribution is -0.127. The topological polar surface area (TPSA) is 80.8 Å². The van der Waals surface area contributed by atoms with Gasteiger partial charge in [0, 0.05) is 19.7 Å². The number of hydrogen-bond donors (Lipinski definition) is 0. The maximum atomic E-state index is 13.8. The molecule has 0 N–H and O–H groups in total. The molecule has 2 amide bonds. The fraction of sp³-hybridized carbons (Fsp3) is 0.154. The molecule has 3 aliphatic rings. The molecular weight excluding hydrogens is 569 g/mol. The van der Waals surface area contributed by atoms with Gasteiger partial charge in [0.25, 0.3) is 0 Å². The van der Waals surface area contributed by atoms with E-state index in [-0.39, 0.29) is 11.1 Å². The summed E-state index contributed by atoms with van der Waals surface area (Å²) in [7, 11) is 0. The highest BCUT2D eigenvalue weighted by molar-refractivity contribution is 14.1. The number of anilines is 1. The molecule has 0 radical (unpaired) electrons. The third kappa shape index (κ3) is 2.77. The molecule has 2 fully saturated rings. The second-order valence-corrected chi connectivity index (χ2v) is 10.2. The SMILES string of the molecule is O=C1[C@H]2[C@@H](c3ccc(Cl)cc3)OC3(C(=O)c4ccccc4C3=O)[C@H]2C(=O)N1c1ccc(I)cc1. The molecule has 0 bridgehead atoms. The van der Waals surface area contributed by atoms with Crippen molar-refractivity contribution in [1.82, 2.24) is 0 Å². The molecule has 3 aromatic carbocycles. The highest BCUT2D eigenvalue weighted by Gasteiger charge is 2.74. The van der Waals surface area contributed by atoms with Gasteiger partial charge in [-0.2, -0.15) is 0 Å². The Morgan fingerprint density at radius 3 is 1.97 bits per heavy atom. The first-order valence-corrected chi connectivity index (χ1v) is 12.1. The molecule has 0 saturated carbocycles. The summed E-state index contributed by atoms with van der Waals surface area (Å²) in [5, 5.41) is 0.489. The molecule has 3 atom stereocenters. The smallest absolute Gasteiger partial charge is 0.241 e. The van der Waals surface area contributed by atoms with Gasteiger partial charge in [-0.05, 0) is 64.6 Å². The number of hydrogen-bond acceptors (Lipinski definition) is 5. The minimum Gasteiger partial charge on any atom is -0.349 e. The Morgan fingerprint density at radius 1 is 0.794 bits per heavy atom. The van der Waals surface area contributed by atoms with Crippen LogP contribution in [0.2, 0.25) is 5.02 Å². The lowest BCUT2D eigenvalue weighted by atomic mass is 9.77. The van der Waals surface area contributed by atoms with Gasteiger partial charge < -0.3 is 4.74 Å². The van der Waals surface area contributed by atoms with Crippen LogP contribution in [0.1, 0.15) is 32.4 Å². The Balaban J connectivity index is 1.54. The first kappa shape index (κ1) is 21.6. The summed E-state index contributed by atoms with van der Waals surface area (Å²) in [6, 6.07) is 20.0. The van der Waals surface area contributed by atoms with Crippen LogP contribution < -0.4 is 4.90 Å². The summed E-state index contributed by atoms with van der Waals surface area (Å²) in [4.78, 5) is 56.0. The first-order chi connectivity index (χ1) is 16.3. The van der Waals surface area contributed by atoms with Crippen LogP contribution in [0.25, 0.3) is 0 Å². The monoisotopic (exact) mass is 583 g/mol. The van der Waals surface area contributed by atoms with Crippen molar-refractivity contribution in [3.05, 3.63) is 98.1 Å². The third-order valence-electron chi connectivity index (χ3n) is 6.80. The van der Waals surface area contributed by atoms with E-state index < -0.39 is 46.9 Å². The number of benzene rings is 3. The van der Waals surface area contributed by atoms with Crippen molar-refractivity contribution in [2.24, 2.45) is 11.8 Å². The molecule has 34 heavy (non-hydrogen) atoms. The number of carbonyl (C=O) groups excluding carboxylic acids is 4. The van der Waals surface area contributed by atoms with Gasteiger partial charge in [0.1, 0.15) is 0 Å². The van der Waals surface area contributed by atoms with E-state index >= 15 is 0 Å². The van der Waals surface area contributed by atoms with Gasteiger partial charge in [-0.3, -0.25) is 19.2 Å². The van der Waals surface area contributed by atoms with Gasteiger partial charge in [0.05, 0.1) is 23.6 Å². The summed E-state index contributed by atoms with van der Waals surface area (Å²) in [5.41, 5.74) is -0.709. The van der Waals surface area contributed by atoms with Gasteiger partial charge in [0.2, 0.25) is 29.0 Å². The predicted molar refractivity (Wildman–Crippen MR) is 132 cm³/mol. The second-order valence-electron chi connectivity index (χ2n) is 8.52. The quantitative estimate of drug-likeness (QED) is 0.250. The van der Waals surface area contributed by atoms with Crippen molar-refractivity contribution in [2.75, 3.05) is 4.90 Å². The number of halogens is 2. The van der Waals surface area contributed by atoms with E-state index in [1.54, 1.807) is 72.8 Å². The molecule has 8 heteroatoms. The number of fused-ring (bicyclic) bond motifs is 3. The lowest BCUT2D eigenvalue weighted by Crippen LogP contribution is -2.51. The number of amides is 2. The molecule has 0 aromatic heterocycles. The van der Waals surface area contributed by atoms with Gasteiger partial charge >= 0.3 is 0 Å². The third-order valence-corrected chi connectivity index (χ3v) is 7.77. The average molecular weight is 584 g/mol. The first-order valence-electron chi connectivity index (χ1n) is 10.6. The van der Waals surface area contributed by atoms with Crippen molar-refractivity contribution in [3.63, 3.8) is 0 Å². The molecule has 6 nitrogen and oxygen atoms in total. The number of imide groups is 1. The Morgan fingerprint density at radius 2 is 1.38 bits per heavy atom. The Hall–Kier alpha value is -2.88. The summed E-state index contributed by atoms with van der Waals surface area (Å²) in [5.74, 6) is -4.57. The highest BCUT2D eigenvalue weighted by atomic mass is 127. The van der Waals surface area contributed by atoms with Crippen LogP contribution in [-0.4, -0.2) is 29.0 Å². The number of ketones is 2. The number of nitrogens with zero attached hydrogens (tertiary/aromatic N) is 1. The van der Waals surface area contributed by atoms with Crippen LogP contribution in [-0.2, 0) is 14.3 Å². The molecule has 0 unspecified atom stereocenters. The molecule has 3 aromatic rings. The highest BCUT2D eigenvalue weighted by Crippen LogP contribution is 2.57. The van der Waals surface area contributed by atoms with E-state index in [0.717, 1.165) is 8.47 Å². The van der Waals surface area contributed by atoms with Gasteiger partial charge in [-0.25, -0.2) is 4.90 Å². The lowest BCUT2D eigenvalue weighted by Gasteiger charge is -2.27. The molecular formula is C26H15ClINO5. The van der Waals surface area contributed by atoms with Crippen molar-refractivity contribution in [2.45, 2.75) is 11.7 Å². The van der Waals surface area contributed by atoms with E-state index in [2.05, 4.69) is 22.6 Å². The molecule has 1 aliphatic carbocycles. The van der Waals surface area contributed by atoms with E-state index in [0.29, 0.717) is 16.3 Å². The van der Waals surface area contributed by atoms with Crippen LogP contribution in [0.15, 0.2) is 72.8 Å². The normalized spacial score (nSPS) is 24.8. The maximum absolute atomic E-state index is 13.8. The standard InChI is InChI=1S/C26H15ClINO5/c27-14-7-5-13(6-8-14)21-19-20(25(33)29(24(19)32)16-11-9-15(28)10-12-16)26(34-21)22(30)17-3-1-2-4-18(17)23(26)31/h1-12,19-21H/t19-,20-,21-/m1/s1. The fourth-order valence-electron chi connectivity index (χ4n) is 5.32. The van der Waals surface area contributed by atoms with Crippen molar-refractivity contribution < 1.29 is 23.9 Å². The van der Waals surface area contributed by atoms with Gasteiger partial charge in [-0.1, -0.05) is 48.0 Å². The van der Waals surface area contributed by atoms with Crippen molar-refractivity contribution in [1.29, 1.82) is 0 Å². The van der Waals surface area contributed by atoms with E-state index in [4.69, 9.17) is 16.3 Å². The van der Waals surface area contributed by atoms with Gasteiger partial charge in [0.15, 0.2) is 0 Å². The molecule has 168 valence electrons. The summed E-state index contributed by atoms with van der Waals surface area (Å²) in [6.07, 6.45) is -0.963. The molecule has 2 heterocycles. The Labute approximate surface area is 213 Å². The van der Waals surface area contributed by atoms with Crippen LogP contribution >= 0.6 is 34.2 Å². The minimum absolute atomic E-state index is 0.205. The Kier molecular flexibility index (Phi) is 4.81. The number of Topliss-reactive ketones (excluding diaryl/α,β-unsaturated/α-hetero) is 2. The average Bonchev–Trinajstić information content (AvgIpc) is 3.40. The largest absolute Gasteiger partial charge is 0.349 e. The number of carbonyl (C=O) groups is 4. The molecule has 1 spiro atoms. The van der Waals surface area contributed by atoms with Crippen LogP contribution in [0, 0.1) is 15.4 Å². The molecule has 6 rings (SSSR count). The zero-order valence-electron chi connectivity index (χ0n) is 17.4. The Bertz CT molecular complexity index is 1370.